The Labute approximate surface area is 114 Å². The van der Waals surface area contributed by atoms with Crippen LogP contribution in [0.2, 0.25) is 0 Å². The van der Waals surface area contributed by atoms with Crippen LogP contribution in [0.3, 0.4) is 0 Å². The second-order valence-corrected chi connectivity index (χ2v) is 6.32. The van der Waals surface area contributed by atoms with Gasteiger partial charge < -0.3 is 10.0 Å². The molecule has 1 amide bonds. The lowest BCUT2D eigenvalue weighted by Gasteiger charge is -2.26. The van der Waals surface area contributed by atoms with Crippen LogP contribution in [0.4, 0.5) is 0 Å². The van der Waals surface area contributed by atoms with E-state index < -0.39 is 34.2 Å². The lowest BCUT2D eigenvalue weighted by molar-refractivity contribution is -0.144. The quantitative estimate of drug-likeness (QED) is 0.679. The van der Waals surface area contributed by atoms with E-state index in [9.17, 15) is 18.0 Å². The molecule has 0 saturated carbocycles. The molecule has 0 fully saturated rings. The zero-order valence-corrected chi connectivity index (χ0v) is 12.6. The summed E-state index contributed by atoms with van der Waals surface area (Å²) in [6.07, 6.45) is 0. The Morgan fingerprint density at radius 1 is 1.16 bits per heavy atom. The number of rotatable bonds is 8. The minimum atomic E-state index is -3.69. The van der Waals surface area contributed by atoms with Crippen LogP contribution in [0.5, 0.6) is 0 Å². The average Bonchev–Trinajstić information content (AvgIpc) is 2.25. The fourth-order valence-electron chi connectivity index (χ4n) is 1.65. The van der Waals surface area contributed by atoms with E-state index in [-0.39, 0.29) is 19.1 Å². The van der Waals surface area contributed by atoms with Crippen molar-refractivity contribution in [1.29, 1.82) is 0 Å². The highest BCUT2D eigenvalue weighted by atomic mass is 32.2. The molecule has 0 heterocycles. The summed E-state index contributed by atoms with van der Waals surface area (Å²) in [6, 6.07) is -0.365. The molecule has 0 aliphatic heterocycles. The number of carboxylic acids is 1. The number of carboxylic acid groups (broad SMARTS) is 1. The summed E-state index contributed by atoms with van der Waals surface area (Å²) >= 11 is 0. The van der Waals surface area contributed by atoms with Gasteiger partial charge >= 0.3 is 5.97 Å². The number of carbonyl (C=O) groups is 2. The third kappa shape index (κ3) is 5.56. The second-order valence-electron chi connectivity index (χ2n) is 4.35. The summed E-state index contributed by atoms with van der Waals surface area (Å²) in [7, 11) is -3.69. The lowest BCUT2D eigenvalue weighted by Crippen LogP contribution is -2.46. The number of nitrogens with zero attached hydrogens (tertiary/aromatic N) is 2. The summed E-state index contributed by atoms with van der Waals surface area (Å²) in [5.41, 5.74) is 0. The average molecular weight is 294 g/mol. The molecular formula is C11H22N2O5S. The van der Waals surface area contributed by atoms with Gasteiger partial charge in [0.2, 0.25) is 15.9 Å². The van der Waals surface area contributed by atoms with E-state index in [1.165, 1.54) is 4.31 Å². The van der Waals surface area contributed by atoms with Gasteiger partial charge in [-0.25, -0.2) is 12.7 Å². The van der Waals surface area contributed by atoms with Gasteiger partial charge in [0.05, 0.1) is 0 Å². The number of sulfonamides is 1. The first-order valence-corrected chi connectivity index (χ1v) is 7.75. The molecule has 0 radical (unpaired) electrons. The Hall–Kier alpha value is -1.15. The van der Waals surface area contributed by atoms with Gasteiger partial charge in [0.15, 0.2) is 0 Å². The van der Waals surface area contributed by atoms with E-state index in [0.717, 1.165) is 4.90 Å². The third-order valence-corrected chi connectivity index (χ3v) is 4.57. The van der Waals surface area contributed by atoms with Crippen LogP contribution < -0.4 is 0 Å². The van der Waals surface area contributed by atoms with E-state index in [0.29, 0.717) is 0 Å². The summed E-state index contributed by atoms with van der Waals surface area (Å²) in [6.45, 7) is 6.73. The lowest BCUT2D eigenvalue weighted by atomic mass is 10.3. The first kappa shape index (κ1) is 17.8. The molecule has 19 heavy (non-hydrogen) atoms. The van der Waals surface area contributed by atoms with Crippen LogP contribution in [0.25, 0.3) is 0 Å². The van der Waals surface area contributed by atoms with Gasteiger partial charge in [0, 0.05) is 19.1 Å². The first-order valence-electron chi connectivity index (χ1n) is 6.14. The first-order chi connectivity index (χ1) is 8.65. The molecule has 0 rings (SSSR count). The highest BCUT2D eigenvalue weighted by Gasteiger charge is 2.28. The monoisotopic (exact) mass is 294 g/mol. The van der Waals surface area contributed by atoms with Crippen LogP contribution in [-0.4, -0.2) is 66.0 Å². The predicted molar refractivity (Wildman–Crippen MR) is 71.2 cm³/mol. The number of hydrogen-bond acceptors (Lipinski definition) is 4. The molecule has 0 aromatic rings. The second kappa shape index (κ2) is 7.44. The van der Waals surface area contributed by atoms with E-state index in [2.05, 4.69) is 0 Å². The van der Waals surface area contributed by atoms with Crippen molar-refractivity contribution in [3.8, 4) is 0 Å². The third-order valence-electron chi connectivity index (χ3n) is 2.65. The van der Waals surface area contributed by atoms with Crippen LogP contribution in [0, 0.1) is 0 Å². The zero-order chi connectivity index (χ0) is 15.2. The molecule has 0 aliphatic carbocycles. The van der Waals surface area contributed by atoms with Crippen molar-refractivity contribution in [1.82, 2.24) is 9.21 Å². The van der Waals surface area contributed by atoms with Crippen LogP contribution in [-0.2, 0) is 19.6 Å². The Balaban J connectivity index is 4.95. The molecule has 112 valence electrons. The predicted octanol–water partition coefficient (Wildman–Crippen LogP) is -0.0204. The molecule has 8 heteroatoms. The van der Waals surface area contributed by atoms with Crippen LogP contribution >= 0.6 is 0 Å². The largest absolute Gasteiger partial charge is 0.480 e. The van der Waals surface area contributed by atoms with Gasteiger partial charge in [-0.05, 0) is 13.8 Å². The number of amides is 1. The normalized spacial score (nSPS) is 11.9. The van der Waals surface area contributed by atoms with Gasteiger partial charge in [-0.3, -0.25) is 9.59 Å². The van der Waals surface area contributed by atoms with Crippen molar-refractivity contribution in [2.45, 2.75) is 33.7 Å². The van der Waals surface area contributed by atoms with Crippen LogP contribution in [0.1, 0.15) is 27.7 Å². The fourth-order valence-corrected chi connectivity index (χ4v) is 3.10. The molecule has 0 spiro atoms. The summed E-state index contributed by atoms with van der Waals surface area (Å²) in [5.74, 6) is -2.55. The maximum atomic E-state index is 11.9. The van der Waals surface area contributed by atoms with Gasteiger partial charge in [-0.1, -0.05) is 13.8 Å². The highest BCUT2D eigenvalue weighted by Crippen LogP contribution is 2.06. The minimum absolute atomic E-state index is 0.284. The standard InChI is InChI=1S/C11H22N2O5S/c1-5-12(6-2)19(17,18)8-10(14)13(9(3)4)7-11(15)16/h9H,5-8H2,1-4H3,(H,15,16). The molecule has 0 unspecified atom stereocenters. The van der Waals surface area contributed by atoms with Crippen molar-refractivity contribution >= 4 is 21.9 Å². The van der Waals surface area contributed by atoms with Gasteiger partial charge in [0.1, 0.15) is 12.3 Å². The van der Waals surface area contributed by atoms with Gasteiger partial charge in [-0.2, -0.15) is 0 Å². The van der Waals surface area contributed by atoms with E-state index in [1.807, 2.05) is 0 Å². The summed E-state index contributed by atoms with van der Waals surface area (Å²) in [5, 5.41) is 8.73. The highest BCUT2D eigenvalue weighted by molar-refractivity contribution is 7.89. The molecule has 0 aromatic carbocycles. The number of hydrogen-bond donors (Lipinski definition) is 1. The van der Waals surface area contributed by atoms with Crippen molar-refractivity contribution < 1.29 is 23.1 Å². The smallest absolute Gasteiger partial charge is 0.323 e. The number of aliphatic carboxylic acids is 1. The molecule has 7 nitrogen and oxygen atoms in total. The van der Waals surface area contributed by atoms with Crippen molar-refractivity contribution in [3.05, 3.63) is 0 Å². The fraction of sp³-hybridized carbons (Fsp3) is 0.818. The molecule has 0 aromatic heterocycles. The molecule has 0 saturated heterocycles. The van der Waals surface area contributed by atoms with Crippen molar-refractivity contribution in [2.24, 2.45) is 0 Å². The van der Waals surface area contributed by atoms with Crippen LogP contribution in [0.15, 0.2) is 0 Å². The van der Waals surface area contributed by atoms with E-state index in [4.69, 9.17) is 5.11 Å². The van der Waals surface area contributed by atoms with Gasteiger partial charge in [0.25, 0.3) is 0 Å². The van der Waals surface area contributed by atoms with Crippen molar-refractivity contribution in [3.63, 3.8) is 0 Å². The Bertz CT molecular complexity index is 415. The minimum Gasteiger partial charge on any atom is -0.480 e. The van der Waals surface area contributed by atoms with E-state index >= 15 is 0 Å². The van der Waals surface area contributed by atoms with E-state index in [1.54, 1.807) is 27.7 Å². The Kier molecular flexibility index (Phi) is 6.99. The molecule has 0 atom stereocenters. The maximum absolute atomic E-state index is 11.9. The number of carbonyl (C=O) groups excluding carboxylic acids is 1. The van der Waals surface area contributed by atoms with Crippen molar-refractivity contribution in [2.75, 3.05) is 25.4 Å². The summed E-state index contributed by atoms with van der Waals surface area (Å²) < 4.78 is 25.1. The Morgan fingerprint density at radius 3 is 1.95 bits per heavy atom. The SMILES string of the molecule is CCN(CC)S(=O)(=O)CC(=O)N(CC(=O)O)C(C)C. The molecule has 0 bridgehead atoms. The maximum Gasteiger partial charge on any atom is 0.323 e. The molecular weight excluding hydrogens is 272 g/mol. The zero-order valence-electron chi connectivity index (χ0n) is 11.8. The Morgan fingerprint density at radius 2 is 1.63 bits per heavy atom. The molecule has 1 N–H and O–H groups in total. The van der Waals surface area contributed by atoms with Gasteiger partial charge in [-0.15, -0.1) is 0 Å². The molecule has 0 aliphatic rings. The summed E-state index contributed by atoms with van der Waals surface area (Å²) in [4.78, 5) is 23.7. The topological polar surface area (TPSA) is 95.0 Å².